The van der Waals surface area contributed by atoms with Gasteiger partial charge in [-0.15, -0.1) is 0 Å². The third-order valence-electron chi connectivity index (χ3n) is 3.33. The summed E-state index contributed by atoms with van der Waals surface area (Å²) in [6.45, 7) is 2.39. The van der Waals surface area contributed by atoms with Crippen LogP contribution in [0.2, 0.25) is 0 Å². The lowest BCUT2D eigenvalue weighted by Crippen LogP contribution is -2.28. The average molecular weight is 281 g/mol. The van der Waals surface area contributed by atoms with E-state index in [2.05, 4.69) is 5.10 Å². The summed E-state index contributed by atoms with van der Waals surface area (Å²) in [5.74, 6) is -2.11. The summed E-state index contributed by atoms with van der Waals surface area (Å²) in [6, 6.07) is 3.08. The Balaban J connectivity index is 2.29. The molecule has 0 radical (unpaired) electrons. The maximum atomic E-state index is 13.8. The fourth-order valence-electron chi connectivity index (χ4n) is 2.29. The SMILES string of the molecule is CCC1=NN(c2ccc(F)cc2F)C(=O)C1CCCN. The van der Waals surface area contributed by atoms with Crippen LogP contribution in [-0.4, -0.2) is 18.2 Å². The third kappa shape index (κ3) is 2.70. The van der Waals surface area contributed by atoms with E-state index in [0.717, 1.165) is 17.1 Å². The number of hydrogen-bond acceptors (Lipinski definition) is 3. The van der Waals surface area contributed by atoms with Crippen molar-refractivity contribution in [1.82, 2.24) is 0 Å². The molecule has 1 atom stereocenters. The number of hydrazone groups is 1. The smallest absolute Gasteiger partial charge is 0.256 e. The molecule has 1 aliphatic rings. The van der Waals surface area contributed by atoms with Gasteiger partial charge in [-0.25, -0.2) is 8.78 Å². The largest absolute Gasteiger partial charge is 0.330 e. The maximum Gasteiger partial charge on any atom is 0.256 e. The predicted octanol–water partition coefficient (Wildman–Crippen LogP) is 2.43. The van der Waals surface area contributed by atoms with Gasteiger partial charge < -0.3 is 5.73 Å². The molecule has 0 bridgehead atoms. The second kappa shape index (κ2) is 6.09. The van der Waals surface area contributed by atoms with E-state index in [-0.39, 0.29) is 17.5 Å². The second-order valence-corrected chi connectivity index (χ2v) is 4.67. The Bertz CT molecular complexity index is 545. The van der Waals surface area contributed by atoms with E-state index < -0.39 is 11.6 Å². The highest BCUT2D eigenvalue weighted by Crippen LogP contribution is 2.29. The first-order valence-corrected chi connectivity index (χ1v) is 6.65. The van der Waals surface area contributed by atoms with Gasteiger partial charge in [0.25, 0.3) is 5.91 Å². The fourth-order valence-corrected chi connectivity index (χ4v) is 2.29. The minimum atomic E-state index is -0.794. The molecule has 1 aromatic carbocycles. The van der Waals surface area contributed by atoms with Gasteiger partial charge in [-0.2, -0.15) is 10.1 Å². The van der Waals surface area contributed by atoms with Gasteiger partial charge in [0.05, 0.1) is 11.6 Å². The number of benzene rings is 1. The Hall–Kier alpha value is -1.82. The van der Waals surface area contributed by atoms with E-state index in [0.29, 0.717) is 31.5 Å². The third-order valence-corrected chi connectivity index (χ3v) is 3.33. The zero-order chi connectivity index (χ0) is 14.7. The minimum Gasteiger partial charge on any atom is -0.330 e. The summed E-state index contributed by atoms with van der Waals surface area (Å²) in [7, 11) is 0. The number of hydrogen-bond donors (Lipinski definition) is 1. The van der Waals surface area contributed by atoms with Gasteiger partial charge >= 0.3 is 0 Å². The molecule has 0 spiro atoms. The minimum absolute atomic E-state index is 0.0161. The van der Waals surface area contributed by atoms with Gasteiger partial charge in [0, 0.05) is 6.07 Å². The van der Waals surface area contributed by atoms with E-state index in [9.17, 15) is 13.6 Å². The first-order valence-electron chi connectivity index (χ1n) is 6.65. The standard InChI is InChI=1S/C14H17F2N3O/c1-2-12-10(4-3-7-17)14(20)19(18-12)13-6-5-9(15)8-11(13)16/h5-6,8,10H,2-4,7,17H2,1H3. The normalized spacial score (nSPS) is 18.6. The number of nitrogens with two attached hydrogens (primary N) is 1. The quantitative estimate of drug-likeness (QED) is 0.901. The van der Waals surface area contributed by atoms with Gasteiger partial charge in [0.15, 0.2) is 5.82 Å². The first-order chi connectivity index (χ1) is 9.58. The molecule has 1 aromatic rings. The van der Waals surface area contributed by atoms with Crippen LogP contribution in [0.25, 0.3) is 0 Å². The molecule has 108 valence electrons. The van der Waals surface area contributed by atoms with Crippen molar-refractivity contribution >= 4 is 17.3 Å². The number of carbonyl (C=O) groups excluding carboxylic acids is 1. The molecule has 2 N–H and O–H groups in total. The van der Waals surface area contributed by atoms with Gasteiger partial charge in [0.1, 0.15) is 11.5 Å². The van der Waals surface area contributed by atoms with Crippen molar-refractivity contribution in [1.29, 1.82) is 0 Å². The summed E-state index contributed by atoms with van der Waals surface area (Å²) in [5.41, 5.74) is 6.16. The summed E-state index contributed by atoms with van der Waals surface area (Å²) in [4.78, 5) is 12.3. The summed E-state index contributed by atoms with van der Waals surface area (Å²) in [6.07, 6.45) is 1.91. The molecular formula is C14H17F2N3O. The molecule has 1 amide bonds. The van der Waals surface area contributed by atoms with Crippen molar-refractivity contribution in [2.75, 3.05) is 11.6 Å². The van der Waals surface area contributed by atoms with Crippen LogP contribution in [0.3, 0.4) is 0 Å². The molecule has 0 aliphatic carbocycles. The highest BCUT2D eigenvalue weighted by molar-refractivity contribution is 6.15. The molecule has 4 nitrogen and oxygen atoms in total. The highest BCUT2D eigenvalue weighted by Gasteiger charge is 2.36. The van der Waals surface area contributed by atoms with Crippen molar-refractivity contribution in [3.8, 4) is 0 Å². The molecule has 0 fully saturated rings. The second-order valence-electron chi connectivity index (χ2n) is 4.67. The van der Waals surface area contributed by atoms with Crippen molar-refractivity contribution in [3.63, 3.8) is 0 Å². The van der Waals surface area contributed by atoms with Crippen molar-refractivity contribution in [2.45, 2.75) is 26.2 Å². The van der Waals surface area contributed by atoms with Crippen LogP contribution in [0.1, 0.15) is 26.2 Å². The summed E-state index contributed by atoms with van der Waals surface area (Å²) >= 11 is 0. The molecule has 1 aliphatic heterocycles. The highest BCUT2D eigenvalue weighted by atomic mass is 19.1. The zero-order valence-corrected chi connectivity index (χ0v) is 11.3. The van der Waals surface area contributed by atoms with Crippen LogP contribution in [0, 0.1) is 17.6 Å². The van der Waals surface area contributed by atoms with E-state index in [1.54, 1.807) is 0 Å². The fraction of sp³-hybridized carbons (Fsp3) is 0.429. The average Bonchev–Trinajstić information content (AvgIpc) is 2.73. The topological polar surface area (TPSA) is 58.7 Å². The van der Waals surface area contributed by atoms with Crippen molar-refractivity contribution < 1.29 is 13.6 Å². The number of amides is 1. The van der Waals surface area contributed by atoms with Crippen LogP contribution in [0.5, 0.6) is 0 Å². The van der Waals surface area contributed by atoms with Gasteiger partial charge in [0.2, 0.25) is 0 Å². The van der Waals surface area contributed by atoms with Crippen molar-refractivity contribution in [2.24, 2.45) is 16.8 Å². The van der Waals surface area contributed by atoms with Crippen LogP contribution >= 0.6 is 0 Å². The summed E-state index contributed by atoms with van der Waals surface area (Å²) in [5, 5.41) is 5.22. The van der Waals surface area contributed by atoms with Crippen LogP contribution in [-0.2, 0) is 4.79 Å². The summed E-state index contributed by atoms with van der Waals surface area (Å²) < 4.78 is 26.7. The Kier molecular flexibility index (Phi) is 4.44. The molecule has 0 aromatic heterocycles. The van der Waals surface area contributed by atoms with E-state index in [1.807, 2.05) is 6.92 Å². The number of carbonyl (C=O) groups is 1. The number of rotatable bonds is 5. The molecule has 20 heavy (non-hydrogen) atoms. The molecule has 0 saturated carbocycles. The van der Waals surface area contributed by atoms with E-state index >= 15 is 0 Å². The predicted molar refractivity (Wildman–Crippen MR) is 73.3 cm³/mol. The number of nitrogens with zero attached hydrogens (tertiary/aromatic N) is 2. The van der Waals surface area contributed by atoms with Crippen LogP contribution < -0.4 is 10.7 Å². The zero-order valence-electron chi connectivity index (χ0n) is 11.3. The lowest BCUT2D eigenvalue weighted by molar-refractivity contribution is -0.120. The van der Waals surface area contributed by atoms with Gasteiger partial charge in [-0.05, 0) is 37.9 Å². The number of halogens is 2. The Labute approximate surface area is 116 Å². The molecule has 6 heteroatoms. The van der Waals surface area contributed by atoms with Gasteiger partial charge in [-0.1, -0.05) is 6.92 Å². The number of anilines is 1. The van der Waals surface area contributed by atoms with Gasteiger partial charge in [-0.3, -0.25) is 4.79 Å². The molecule has 1 unspecified atom stereocenters. The lowest BCUT2D eigenvalue weighted by atomic mass is 9.96. The van der Waals surface area contributed by atoms with Crippen molar-refractivity contribution in [3.05, 3.63) is 29.8 Å². The molecular weight excluding hydrogens is 264 g/mol. The Morgan fingerprint density at radius 3 is 2.75 bits per heavy atom. The molecule has 1 heterocycles. The maximum absolute atomic E-state index is 13.8. The van der Waals surface area contributed by atoms with Crippen LogP contribution in [0.15, 0.2) is 23.3 Å². The lowest BCUT2D eigenvalue weighted by Gasteiger charge is -2.15. The Morgan fingerprint density at radius 1 is 1.40 bits per heavy atom. The van der Waals surface area contributed by atoms with E-state index in [4.69, 9.17) is 5.73 Å². The monoisotopic (exact) mass is 281 g/mol. The first kappa shape index (κ1) is 14.6. The molecule has 0 saturated heterocycles. The van der Waals surface area contributed by atoms with Crippen LogP contribution in [0.4, 0.5) is 14.5 Å². The molecule has 2 rings (SSSR count). The van der Waals surface area contributed by atoms with E-state index in [1.165, 1.54) is 6.07 Å². The Morgan fingerprint density at radius 2 is 2.15 bits per heavy atom.